The maximum absolute atomic E-state index is 12.1. The number of rotatable bonds is 6. The van der Waals surface area contributed by atoms with Crippen molar-refractivity contribution in [2.45, 2.75) is 49.4 Å². The highest BCUT2D eigenvalue weighted by atomic mass is 32.2. The second-order valence-corrected chi connectivity index (χ2v) is 9.05. The molecule has 2 aromatic rings. The number of amides is 1. The number of aromatic nitrogens is 2. The Labute approximate surface area is 158 Å². The highest BCUT2D eigenvalue weighted by molar-refractivity contribution is 7.90. The lowest BCUT2D eigenvalue weighted by Gasteiger charge is -2.26. The molecule has 1 aromatic carbocycles. The van der Waals surface area contributed by atoms with Crippen molar-refractivity contribution < 1.29 is 17.9 Å². The summed E-state index contributed by atoms with van der Waals surface area (Å²) in [6.45, 7) is 0. The molecule has 0 aliphatic heterocycles. The van der Waals surface area contributed by atoms with Crippen molar-refractivity contribution in [1.29, 1.82) is 0 Å². The van der Waals surface area contributed by atoms with Crippen LogP contribution in [-0.2, 0) is 9.84 Å². The molecule has 0 spiro atoms. The van der Waals surface area contributed by atoms with Gasteiger partial charge >= 0.3 is 0 Å². The van der Waals surface area contributed by atoms with Gasteiger partial charge in [-0.25, -0.2) is 13.4 Å². The van der Waals surface area contributed by atoms with Crippen molar-refractivity contribution >= 4 is 15.7 Å². The van der Waals surface area contributed by atoms with Gasteiger partial charge in [-0.1, -0.05) is 12.1 Å². The molecule has 2 saturated carbocycles. The molecule has 142 valence electrons. The second-order valence-electron chi connectivity index (χ2n) is 7.14. The van der Waals surface area contributed by atoms with Crippen LogP contribution in [0.2, 0.25) is 0 Å². The SMILES string of the molecule is CS(=O)(=O)c1ncc(-c2ccc(C(=O)NC3CC3)cc2)c(OC2CCC2)n1. The van der Waals surface area contributed by atoms with Gasteiger partial charge in [0.25, 0.3) is 5.91 Å². The Morgan fingerprint density at radius 1 is 1.15 bits per heavy atom. The van der Waals surface area contributed by atoms with Gasteiger partial charge in [0.15, 0.2) is 0 Å². The number of ether oxygens (including phenoxy) is 1. The maximum Gasteiger partial charge on any atom is 0.251 e. The molecule has 1 amide bonds. The average molecular weight is 387 g/mol. The minimum atomic E-state index is -3.53. The fraction of sp³-hybridized carbons (Fsp3) is 0.421. The van der Waals surface area contributed by atoms with Crippen molar-refractivity contribution in [3.63, 3.8) is 0 Å². The summed E-state index contributed by atoms with van der Waals surface area (Å²) < 4.78 is 29.5. The second kappa shape index (κ2) is 6.92. The Bertz CT molecular complexity index is 965. The third-order valence-corrected chi connectivity index (χ3v) is 5.62. The van der Waals surface area contributed by atoms with Gasteiger partial charge in [0.2, 0.25) is 20.9 Å². The summed E-state index contributed by atoms with van der Waals surface area (Å²) in [7, 11) is -3.53. The van der Waals surface area contributed by atoms with E-state index in [1.54, 1.807) is 24.3 Å². The van der Waals surface area contributed by atoms with Crippen LogP contribution in [0.3, 0.4) is 0 Å². The predicted molar refractivity (Wildman–Crippen MR) is 99.3 cm³/mol. The van der Waals surface area contributed by atoms with E-state index in [9.17, 15) is 13.2 Å². The van der Waals surface area contributed by atoms with Crippen LogP contribution in [0.5, 0.6) is 5.88 Å². The van der Waals surface area contributed by atoms with Crippen LogP contribution >= 0.6 is 0 Å². The first-order valence-electron chi connectivity index (χ1n) is 9.05. The molecule has 0 atom stereocenters. The maximum atomic E-state index is 12.1. The number of nitrogens with zero attached hydrogens (tertiary/aromatic N) is 2. The fourth-order valence-electron chi connectivity index (χ4n) is 2.76. The van der Waals surface area contributed by atoms with E-state index in [0.717, 1.165) is 43.9 Å². The van der Waals surface area contributed by atoms with Gasteiger partial charge in [0, 0.05) is 24.1 Å². The molecule has 0 saturated heterocycles. The van der Waals surface area contributed by atoms with Gasteiger partial charge in [-0.3, -0.25) is 4.79 Å². The summed E-state index contributed by atoms with van der Waals surface area (Å²) >= 11 is 0. The third-order valence-electron chi connectivity index (χ3n) is 4.76. The molecule has 2 fully saturated rings. The van der Waals surface area contributed by atoms with Crippen LogP contribution in [0, 0.1) is 0 Å². The molecule has 0 radical (unpaired) electrons. The fourth-order valence-corrected chi connectivity index (χ4v) is 3.25. The first kappa shape index (κ1) is 17.9. The Balaban J connectivity index is 1.63. The summed E-state index contributed by atoms with van der Waals surface area (Å²) in [5, 5.41) is 2.70. The van der Waals surface area contributed by atoms with E-state index in [1.807, 2.05) is 0 Å². The van der Waals surface area contributed by atoms with Crippen LogP contribution in [0.4, 0.5) is 0 Å². The summed E-state index contributed by atoms with van der Waals surface area (Å²) in [5.41, 5.74) is 1.97. The Morgan fingerprint density at radius 2 is 1.85 bits per heavy atom. The van der Waals surface area contributed by atoms with Crippen molar-refractivity contribution in [2.75, 3.05) is 6.26 Å². The van der Waals surface area contributed by atoms with E-state index in [2.05, 4.69) is 15.3 Å². The van der Waals surface area contributed by atoms with E-state index in [1.165, 1.54) is 6.20 Å². The summed E-state index contributed by atoms with van der Waals surface area (Å²) in [5.74, 6) is 0.184. The standard InChI is InChI=1S/C19H21N3O4S/c1-27(24,25)19-20-11-16(18(22-19)26-15-3-2-4-15)12-5-7-13(8-6-12)17(23)21-14-9-10-14/h5-8,11,14-15H,2-4,9-10H2,1H3,(H,21,23). The van der Waals surface area contributed by atoms with Crippen LogP contribution in [0.25, 0.3) is 11.1 Å². The van der Waals surface area contributed by atoms with Gasteiger partial charge in [-0.05, 0) is 49.8 Å². The van der Waals surface area contributed by atoms with Crippen molar-refractivity contribution in [1.82, 2.24) is 15.3 Å². The minimum Gasteiger partial charge on any atom is -0.474 e. The number of hydrogen-bond donors (Lipinski definition) is 1. The lowest BCUT2D eigenvalue weighted by atomic mass is 9.96. The minimum absolute atomic E-state index is 0.0506. The molecule has 1 N–H and O–H groups in total. The highest BCUT2D eigenvalue weighted by Crippen LogP contribution is 2.32. The first-order valence-corrected chi connectivity index (χ1v) is 10.9. The van der Waals surface area contributed by atoms with E-state index in [0.29, 0.717) is 17.2 Å². The zero-order valence-electron chi connectivity index (χ0n) is 15.0. The molecule has 7 nitrogen and oxygen atoms in total. The normalized spacial score (nSPS) is 17.2. The predicted octanol–water partition coefficient (Wildman–Crippen LogP) is 2.37. The lowest BCUT2D eigenvalue weighted by Crippen LogP contribution is -2.25. The van der Waals surface area contributed by atoms with E-state index in [4.69, 9.17) is 4.74 Å². The van der Waals surface area contributed by atoms with Gasteiger partial charge in [0.05, 0.1) is 5.56 Å². The van der Waals surface area contributed by atoms with Gasteiger partial charge < -0.3 is 10.1 Å². The van der Waals surface area contributed by atoms with E-state index < -0.39 is 9.84 Å². The quantitative estimate of drug-likeness (QED) is 0.764. The lowest BCUT2D eigenvalue weighted by molar-refractivity contribution is 0.0951. The number of sulfone groups is 1. The number of carbonyl (C=O) groups excluding carboxylic acids is 1. The smallest absolute Gasteiger partial charge is 0.251 e. The molecule has 4 rings (SSSR count). The van der Waals surface area contributed by atoms with Gasteiger partial charge in [-0.15, -0.1) is 0 Å². The Morgan fingerprint density at radius 3 is 2.41 bits per heavy atom. The number of carbonyl (C=O) groups is 1. The molecule has 8 heteroatoms. The molecular weight excluding hydrogens is 366 g/mol. The Kier molecular flexibility index (Phi) is 4.59. The van der Waals surface area contributed by atoms with Crippen molar-refractivity contribution in [3.05, 3.63) is 36.0 Å². The molecule has 0 unspecified atom stereocenters. The number of nitrogens with one attached hydrogen (secondary N) is 1. The molecule has 1 aromatic heterocycles. The summed E-state index contributed by atoms with van der Waals surface area (Å²) in [6, 6.07) is 7.38. The van der Waals surface area contributed by atoms with Crippen LogP contribution in [0.15, 0.2) is 35.6 Å². The molecule has 0 bridgehead atoms. The topological polar surface area (TPSA) is 98.2 Å². The van der Waals surface area contributed by atoms with E-state index >= 15 is 0 Å². The summed E-state index contributed by atoms with van der Waals surface area (Å²) in [4.78, 5) is 20.3. The van der Waals surface area contributed by atoms with Crippen molar-refractivity contribution in [3.8, 4) is 17.0 Å². The molecular formula is C19H21N3O4S. The average Bonchev–Trinajstić information content (AvgIpc) is 3.41. The monoisotopic (exact) mass is 387 g/mol. The van der Waals surface area contributed by atoms with Crippen LogP contribution < -0.4 is 10.1 Å². The molecule has 2 aliphatic rings. The number of benzene rings is 1. The largest absolute Gasteiger partial charge is 0.474 e. The third kappa shape index (κ3) is 4.10. The number of hydrogen-bond acceptors (Lipinski definition) is 6. The van der Waals surface area contributed by atoms with Gasteiger partial charge in [-0.2, -0.15) is 4.98 Å². The van der Waals surface area contributed by atoms with Gasteiger partial charge in [0.1, 0.15) is 6.10 Å². The highest BCUT2D eigenvalue weighted by Gasteiger charge is 2.25. The zero-order chi connectivity index (χ0) is 19.0. The summed E-state index contributed by atoms with van der Waals surface area (Å²) in [6.07, 6.45) is 7.62. The van der Waals surface area contributed by atoms with Crippen LogP contribution in [-0.4, -0.2) is 42.7 Å². The molecule has 2 aliphatic carbocycles. The first-order chi connectivity index (χ1) is 12.9. The Hall–Kier alpha value is -2.48. The molecule has 27 heavy (non-hydrogen) atoms. The van der Waals surface area contributed by atoms with E-state index in [-0.39, 0.29) is 23.0 Å². The van der Waals surface area contributed by atoms with Crippen molar-refractivity contribution in [2.24, 2.45) is 0 Å². The molecule has 1 heterocycles. The van der Waals surface area contributed by atoms with Crippen LogP contribution in [0.1, 0.15) is 42.5 Å². The zero-order valence-corrected chi connectivity index (χ0v) is 15.8.